The molecule has 0 spiro atoms. The number of amides is 2. The number of anilines is 1. The summed E-state index contributed by atoms with van der Waals surface area (Å²) in [5, 5.41) is 2.92. The Morgan fingerprint density at radius 1 is 0.967 bits per heavy atom. The van der Waals surface area contributed by atoms with E-state index in [1.807, 2.05) is 0 Å². The molecule has 10 nitrogen and oxygen atoms in total. The SMILES string of the molecule is COc1cccc2[nH]c(=O)oc(=O)c12.COc1cccc2c1C(=O)N(C)CC(=O)N2. The molecule has 3 aromatic rings. The van der Waals surface area contributed by atoms with E-state index in [1.165, 1.54) is 19.1 Å². The first kappa shape index (κ1) is 20.6. The van der Waals surface area contributed by atoms with E-state index in [-0.39, 0.29) is 23.7 Å². The van der Waals surface area contributed by atoms with Crippen molar-refractivity contribution in [2.24, 2.45) is 0 Å². The van der Waals surface area contributed by atoms with Gasteiger partial charge in [-0.2, -0.15) is 0 Å². The maximum Gasteiger partial charge on any atom is 0.419 e. The van der Waals surface area contributed by atoms with Crippen LogP contribution in [0.5, 0.6) is 11.5 Å². The highest BCUT2D eigenvalue weighted by molar-refractivity contribution is 6.10. The number of aromatic nitrogens is 1. The molecule has 4 rings (SSSR count). The van der Waals surface area contributed by atoms with Crippen LogP contribution in [0.2, 0.25) is 0 Å². The first-order valence-electron chi connectivity index (χ1n) is 8.78. The summed E-state index contributed by atoms with van der Waals surface area (Å²) in [6.07, 6.45) is 0. The van der Waals surface area contributed by atoms with Crippen molar-refractivity contribution >= 4 is 28.4 Å². The van der Waals surface area contributed by atoms with Crippen molar-refractivity contribution < 1.29 is 23.5 Å². The lowest BCUT2D eigenvalue weighted by molar-refractivity contribution is -0.116. The summed E-state index contributed by atoms with van der Waals surface area (Å²) in [6, 6.07) is 10.0. The quantitative estimate of drug-likeness (QED) is 0.646. The highest BCUT2D eigenvalue weighted by Crippen LogP contribution is 2.29. The third kappa shape index (κ3) is 4.02. The lowest BCUT2D eigenvalue weighted by atomic mass is 10.1. The predicted octanol–water partition coefficient (Wildman–Crippen LogP) is 1.21. The zero-order valence-electron chi connectivity index (χ0n) is 16.5. The van der Waals surface area contributed by atoms with E-state index in [1.54, 1.807) is 43.4 Å². The third-order valence-electron chi connectivity index (χ3n) is 4.33. The van der Waals surface area contributed by atoms with Crippen molar-refractivity contribution in [2.45, 2.75) is 0 Å². The Balaban J connectivity index is 0.000000172. The molecule has 0 bridgehead atoms. The molecule has 10 heteroatoms. The van der Waals surface area contributed by atoms with Gasteiger partial charge in [0.2, 0.25) is 5.91 Å². The van der Waals surface area contributed by atoms with E-state index in [0.29, 0.717) is 28.3 Å². The van der Waals surface area contributed by atoms with Gasteiger partial charge in [-0.1, -0.05) is 12.1 Å². The number of rotatable bonds is 2. The number of nitrogens with one attached hydrogen (secondary N) is 2. The standard InChI is InChI=1S/C11H12N2O3.C9H7NO4/c1-13-6-9(14)12-7-4-3-5-8(16-2)10(7)11(13)15;1-13-6-4-2-3-5-7(6)8(11)14-9(12)10-5/h3-5H,6H2,1-2H3,(H,12,14);2-4H,1H3,(H,10,12). The molecule has 2 N–H and O–H groups in total. The molecule has 0 aliphatic carbocycles. The molecule has 1 aliphatic heterocycles. The Hall–Kier alpha value is -4.08. The van der Waals surface area contributed by atoms with Gasteiger partial charge in [-0.05, 0) is 24.3 Å². The van der Waals surface area contributed by atoms with E-state index >= 15 is 0 Å². The maximum atomic E-state index is 12.0. The Morgan fingerprint density at radius 3 is 2.33 bits per heavy atom. The average Bonchev–Trinajstić information content (AvgIpc) is 2.83. The molecule has 1 aromatic heterocycles. The number of aromatic amines is 1. The van der Waals surface area contributed by atoms with E-state index < -0.39 is 11.4 Å². The number of carbonyl (C=O) groups excluding carboxylic acids is 2. The highest BCUT2D eigenvalue weighted by Gasteiger charge is 2.26. The molecular formula is C20H19N3O7. The van der Waals surface area contributed by atoms with Crippen LogP contribution >= 0.6 is 0 Å². The Morgan fingerprint density at radius 2 is 1.63 bits per heavy atom. The van der Waals surface area contributed by atoms with E-state index in [9.17, 15) is 19.2 Å². The molecule has 0 unspecified atom stereocenters. The molecule has 0 fully saturated rings. The van der Waals surface area contributed by atoms with Crippen LogP contribution in [0.4, 0.5) is 5.69 Å². The topological polar surface area (TPSA) is 131 Å². The van der Waals surface area contributed by atoms with Crippen LogP contribution < -0.4 is 26.2 Å². The Labute approximate surface area is 170 Å². The fraction of sp³-hybridized carbons (Fsp3) is 0.200. The van der Waals surface area contributed by atoms with Gasteiger partial charge in [-0.15, -0.1) is 0 Å². The van der Waals surface area contributed by atoms with E-state index in [2.05, 4.69) is 14.7 Å². The minimum absolute atomic E-state index is 0.0522. The van der Waals surface area contributed by atoms with Crippen molar-refractivity contribution in [3.05, 3.63) is 62.9 Å². The number of hydrogen-bond acceptors (Lipinski definition) is 7. The number of ether oxygens (including phenoxy) is 2. The van der Waals surface area contributed by atoms with Gasteiger partial charge in [0, 0.05) is 7.05 Å². The molecule has 2 aromatic carbocycles. The van der Waals surface area contributed by atoms with E-state index in [0.717, 1.165) is 0 Å². The van der Waals surface area contributed by atoms with Crippen molar-refractivity contribution in [2.75, 3.05) is 33.1 Å². The second-order valence-electron chi connectivity index (χ2n) is 6.28. The third-order valence-corrected chi connectivity index (χ3v) is 4.33. The van der Waals surface area contributed by atoms with Crippen LogP contribution in [0.1, 0.15) is 10.4 Å². The summed E-state index contributed by atoms with van der Waals surface area (Å²) < 4.78 is 14.5. The molecule has 156 valence electrons. The first-order valence-corrected chi connectivity index (χ1v) is 8.78. The summed E-state index contributed by atoms with van der Waals surface area (Å²) in [7, 11) is 4.53. The van der Waals surface area contributed by atoms with Crippen molar-refractivity contribution in [1.82, 2.24) is 9.88 Å². The summed E-state index contributed by atoms with van der Waals surface area (Å²) >= 11 is 0. The summed E-state index contributed by atoms with van der Waals surface area (Å²) in [5.41, 5.74) is 0.615. The number of fused-ring (bicyclic) bond motifs is 2. The number of H-pyrrole nitrogens is 1. The molecule has 30 heavy (non-hydrogen) atoms. The zero-order chi connectivity index (χ0) is 21.8. The number of carbonyl (C=O) groups is 2. The van der Waals surface area contributed by atoms with Crippen molar-refractivity contribution in [3.63, 3.8) is 0 Å². The Bertz CT molecular complexity index is 1230. The second-order valence-corrected chi connectivity index (χ2v) is 6.28. The van der Waals surface area contributed by atoms with Crippen LogP contribution in [0, 0.1) is 0 Å². The van der Waals surface area contributed by atoms with Crippen molar-refractivity contribution in [1.29, 1.82) is 0 Å². The lowest BCUT2D eigenvalue weighted by Crippen LogP contribution is -2.31. The fourth-order valence-corrected chi connectivity index (χ4v) is 2.98. The van der Waals surface area contributed by atoms with Gasteiger partial charge in [0.1, 0.15) is 22.4 Å². The van der Waals surface area contributed by atoms with Gasteiger partial charge >= 0.3 is 11.4 Å². The van der Waals surface area contributed by atoms with E-state index in [4.69, 9.17) is 9.47 Å². The van der Waals surface area contributed by atoms with Gasteiger partial charge < -0.3 is 24.1 Å². The largest absolute Gasteiger partial charge is 0.496 e. The molecule has 2 heterocycles. The minimum atomic E-state index is -0.768. The van der Waals surface area contributed by atoms with Gasteiger partial charge in [-0.25, -0.2) is 9.59 Å². The first-order chi connectivity index (χ1) is 14.3. The summed E-state index contributed by atoms with van der Waals surface area (Å²) in [6.45, 7) is 0.0522. The maximum absolute atomic E-state index is 12.0. The predicted molar refractivity (Wildman–Crippen MR) is 108 cm³/mol. The molecule has 1 aliphatic rings. The second kappa shape index (κ2) is 8.52. The molecule has 0 saturated heterocycles. The molecule has 2 amide bonds. The molecular weight excluding hydrogens is 394 g/mol. The molecule has 0 atom stereocenters. The number of likely N-dealkylation sites (N-methyl/N-ethyl adjacent to an activating group) is 1. The highest BCUT2D eigenvalue weighted by atomic mass is 16.5. The normalized spacial score (nSPS) is 13.0. The van der Waals surface area contributed by atoms with Crippen molar-refractivity contribution in [3.8, 4) is 11.5 Å². The minimum Gasteiger partial charge on any atom is -0.496 e. The number of benzene rings is 2. The van der Waals surface area contributed by atoms with Gasteiger partial charge in [-0.3, -0.25) is 14.6 Å². The zero-order valence-corrected chi connectivity index (χ0v) is 16.5. The monoisotopic (exact) mass is 413 g/mol. The van der Waals surface area contributed by atoms with Crippen LogP contribution in [0.15, 0.2) is 50.4 Å². The average molecular weight is 413 g/mol. The van der Waals surface area contributed by atoms with Gasteiger partial charge in [0.25, 0.3) is 5.91 Å². The summed E-state index contributed by atoms with van der Waals surface area (Å²) in [5.74, 6) is -0.339. The van der Waals surface area contributed by atoms with Crippen LogP contribution in [0.25, 0.3) is 10.9 Å². The number of hydrogen-bond donors (Lipinski definition) is 2. The number of nitrogens with zero attached hydrogens (tertiary/aromatic N) is 1. The molecule has 0 saturated carbocycles. The number of methoxy groups -OCH3 is 2. The van der Waals surface area contributed by atoms with Gasteiger partial charge in [0.05, 0.1) is 32.0 Å². The lowest BCUT2D eigenvalue weighted by Gasteiger charge is -2.14. The Kier molecular flexibility index (Phi) is 5.86. The van der Waals surface area contributed by atoms with Crippen LogP contribution in [-0.4, -0.2) is 49.5 Å². The van der Waals surface area contributed by atoms with Gasteiger partial charge in [0.15, 0.2) is 0 Å². The van der Waals surface area contributed by atoms with Crippen LogP contribution in [0.3, 0.4) is 0 Å². The fourth-order valence-electron chi connectivity index (χ4n) is 2.98. The molecule has 0 radical (unpaired) electrons. The summed E-state index contributed by atoms with van der Waals surface area (Å²) in [4.78, 5) is 49.4. The smallest absolute Gasteiger partial charge is 0.419 e. The van der Waals surface area contributed by atoms with Crippen LogP contribution in [-0.2, 0) is 4.79 Å².